The summed E-state index contributed by atoms with van der Waals surface area (Å²) in [7, 11) is 1.67. The summed E-state index contributed by atoms with van der Waals surface area (Å²) < 4.78 is 6.72. The minimum Gasteiger partial charge on any atom is -0.311 e. The van der Waals surface area contributed by atoms with Gasteiger partial charge in [-0.3, -0.25) is 18.3 Å². The molecule has 0 aliphatic heterocycles. The maximum Gasteiger partial charge on any atom is 0.332 e. The molecule has 4 rings (SSSR count). The maximum absolute atomic E-state index is 13.3. The van der Waals surface area contributed by atoms with Gasteiger partial charge in [-0.25, -0.2) is 4.79 Å². The summed E-state index contributed by atoms with van der Waals surface area (Å²) in [6.07, 6.45) is 2.88. The summed E-state index contributed by atoms with van der Waals surface area (Å²) in [6, 6.07) is 8.05. The molecule has 1 atom stereocenters. The molecule has 0 aliphatic carbocycles. The number of hydrogen-bond donors (Lipinski definition) is 0. The number of fused-ring (bicyclic) bond motifs is 3. The molecule has 28 heavy (non-hydrogen) atoms. The van der Waals surface area contributed by atoms with Crippen LogP contribution in [-0.2, 0) is 13.6 Å². The van der Waals surface area contributed by atoms with Crippen molar-refractivity contribution in [1.82, 2.24) is 23.1 Å². The number of hydrogen-bond acceptors (Lipinski definition) is 3. The Balaban J connectivity index is 2.04. The molecule has 0 amide bonds. The summed E-state index contributed by atoms with van der Waals surface area (Å²) in [6.45, 7) is 8.49. The van der Waals surface area contributed by atoms with Gasteiger partial charge in [0.05, 0.1) is 6.54 Å². The number of aryl methyl sites for hydroxylation is 3. The average molecular weight is 379 g/mol. The van der Waals surface area contributed by atoms with Gasteiger partial charge in [-0.05, 0) is 38.3 Å². The normalized spacial score (nSPS) is 12.9. The van der Waals surface area contributed by atoms with Gasteiger partial charge in [-0.1, -0.05) is 31.2 Å². The Bertz CT molecular complexity index is 1320. The Kier molecular flexibility index (Phi) is 4.25. The van der Waals surface area contributed by atoms with Crippen molar-refractivity contribution < 1.29 is 0 Å². The maximum atomic E-state index is 13.3. The summed E-state index contributed by atoms with van der Waals surface area (Å²) >= 11 is 0. The van der Waals surface area contributed by atoms with Crippen LogP contribution < -0.4 is 11.2 Å². The van der Waals surface area contributed by atoms with Gasteiger partial charge >= 0.3 is 5.69 Å². The number of benzene rings is 1. The number of aromatic nitrogens is 5. The van der Waals surface area contributed by atoms with Crippen LogP contribution in [0, 0.1) is 13.8 Å². The second kappa shape index (κ2) is 6.51. The van der Waals surface area contributed by atoms with Gasteiger partial charge in [0.2, 0.25) is 5.78 Å². The van der Waals surface area contributed by atoms with E-state index in [1.165, 1.54) is 9.13 Å². The Morgan fingerprint density at radius 2 is 1.86 bits per heavy atom. The predicted octanol–water partition coefficient (Wildman–Crippen LogP) is 2.79. The van der Waals surface area contributed by atoms with E-state index in [0.29, 0.717) is 16.9 Å². The van der Waals surface area contributed by atoms with E-state index in [1.54, 1.807) is 7.05 Å². The molecule has 0 radical (unpaired) electrons. The molecule has 7 nitrogen and oxygen atoms in total. The van der Waals surface area contributed by atoms with E-state index in [1.807, 2.05) is 48.7 Å². The molecule has 0 N–H and O–H groups in total. The third kappa shape index (κ3) is 2.53. The van der Waals surface area contributed by atoms with Crippen LogP contribution in [0.3, 0.4) is 0 Å². The molecule has 0 bridgehead atoms. The lowest BCUT2D eigenvalue weighted by molar-refractivity contribution is 0.532. The molecule has 146 valence electrons. The average Bonchev–Trinajstić information content (AvgIpc) is 3.18. The van der Waals surface area contributed by atoms with Crippen molar-refractivity contribution in [2.45, 2.75) is 46.7 Å². The molecule has 0 saturated carbocycles. The first kappa shape index (κ1) is 18.3. The van der Waals surface area contributed by atoms with Crippen molar-refractivity contribution in [2.24, 2.45) is 7.05 Å². The van der Waals surface area contributed by atoms with E-state index in [0.717, 1.165) is 23.2 Å². The van der Waals surface area contributed by atoms with Gasteiger partial charge in [-0.2, -0.15) is 4.98 Å². The lowest BCUT2D eigenvalue weighted by Crippen LogP contribution is -2.39. The second-order valence-electron chi connectivity index (χ2n) is 7.51. The first-order valence-electron chi connectivity index (χ1n) is 9.59. The highest BCUT2D eigenvalue weighted by Gasteiger charge is 2.21. The van der Waals surface area contributed by atoms with Crippen molar-refractivity contribution >= 4 is 16.9 Å². The van der Waals surface area contributed by atoms with Crippen LogP contribution in [0.4, 0.5) is 0 Å². The highest BCUT2D eigenvalue weighted by Crippen LogP contribution is 2.22. The van der Waals surface area contributed by atoms with Crippen LogP contribution in [0.1, 0.15) is 43.1 Å². The predicted molar refractivity (Wildman–Crippen MR) is 110 cm³/mol. The van der Waals surface area contributed by atoms with Crippen molar-refractivity contribution in [1.29, 1.82) is 0 Å². The smallest absolute Gasteiger partial charge is 0.311 e. The van der Waals surface area contributed by atoms with Gasteiger partial charge in [0, 0.05) is 25.0 Å². The molecule has 1 unspecified atom stereocenters. The van der Waals surface area contributed by atoms with E-state index in [-0.39, 0.29) is 23.8 Å². The largest absolute Gasteiger partial charge is 0.332 e. The van der Waals surface area contributed by atoms with E-state index in [2.05, 4.69) is 23.4 Å². The van der Waals surface area contributed by atoms with Gasteiger partial charge in [0.25, 0.3) is 5.56 Å². The van der Waals surface area contributed by atoms with Crippen molar-refractivity contribution in [2.75, 3.05) is 0 Å². The molecule has 7 heteroatoms. The minimum absolute atomic E-state index is 0.242. The molecule has 0 spiro atoms. The molecule has 3 aromatic heterocycles. The van der Waals surface area contributed by atoms with Crippen LogP contribution in [-0.4, -0.2) is 23.1 Å². The lowest BCUT2D eigenvalue weighted by Gasteiger charge is -2.12. The molecule has 4 aromatic rings. The Hall–Kier alpha value is -3.09. The quantitative estimate of drug-likeness (QED) is 0.548. The topological polar surface area (TPSA) is 66.2 Å². The fourth-order valence-electron chi connectivity index (χ4n) is 3.85. The summed E-state index contributed by atoms with van der Waals surface area (Å²) in [4.78, 5) is 30.9. The molecule has 0 fully saturated rings. The number of rotatable bonds is 4. The van der Waals surface area contributed by atoms with Crippen LogP contribution in [0.25, 0.3) is 16.9 Å². The van der Waals surface area contributed by atoms with E-state index < -0.39 is 0 Å². The summed E-state index contributed by atoms with van der Waals surface area (Å²) in [5.74, 6) is 0.697. The number of imidazole rings is 2. The SMILES string of the molecule is CCC(C)n1c(C)cn2c3c(=O)n(Cc4ccccc4C)c(=O)n(C)c3nc12. The Morgan fingerprint density at radius 1 is 1.14 bits per heavy atom. The monoisotopic (exact) mass is 379 g/mol. The van der Waals surface area contributed by atoms with Crippen LogP contribution in [0.2, 0.25) is 0 Å². The first-order valence-corrected chi connectivity index (χ1v) is 9.59. The van der Waals surface area contributed by atoms with Crippen LogP contribution in [0.5, 0.6) is 0 Å². The molecule has 0 aliphatic rings. The molecule has 3 heterocycles. The van der Waals surface area contributed by atoms with E-state index in [9.17, 15) is 9.59 Å². The summed E-state index contributed by atoms with van der Waals surface area (Å²) in [5, 5.41) is 0. The zero-order valence-corrected chi connectivity index (χ0v) is 16.9. The third-order valence-corrected chi connectivity index (χ3v) is 5.69. The van der Waals surface area contributed by atoms with E-state index >= 15 is 0 Å². The van der Waals surface area contributed by atoms with Crippen molar-refractivity contribution in [3.63, 3.8) is 0 Å². The second-order valence-corrected chi connectivity index (χ2v) is 7.51. The fraction of sp³-hybridized carbons (Fsp3) is 0.381. The van der Waals surface area contributed by atoms with Crippen LogP contribution >= 0.6 is 0 Å². The van der Waals surface area contributed by atoms with Gasteiger partial charge in [-0.15, -0.1) is 0 Å². The third-order valence-electron chi connectivity index (χ3n) is 5.69. The van der Waals surface area contributed by atoms with Gasteiger partial charge < -0.3 is 4.57 Å². The highest BCUT2D eigenvalue weighted by molar-refractivity contribution is 5.75. The molecular weight excluding hydrogens is 354 g/mol. The lowest BCUT2D eigenvalue weighted by atomic mass is 10.1. The zero-order chi connectivity index (χ0) is 20.2. The van der Waals surface area contributed by atoms with Gasteiger partial charge in [0.1, 0.15) is 0 Å². The fourth-order valence-corrected chi connectivity index (χ4v) is 3.85. The van der Waals surface area contributed by atoms with Gasteiger partial charge in [0.15, 0.2) is 11.2 Å². The van der Waals surface area contributed by atoms with Crippen molar-refractivity contribution in [3.8, 4) is 0 Å². The standard InChI is InChI=1S/C21H25N5O2/c1-6-14(3)26-15(4)11-24-17-18(22-20(24)26)23(5)21(28)25(19(17)27)12-16-10-8-7-9-13(16)2/h7-11,14H,6,12H2,1-5H3. The van der Waals surface area contributed by atoms with Crippen LogP contribution in [0.15, 0.2) is 40.1 Å². The minimum atomic E-state index is -0.353. The molecule has 1 aromatic carbocycles. The molecule has 0 saturated heterocycles. The highest BCUT2D eigenvalue weighted by atomic mass is 16.2. The van der Waals surface area contributed by atoms with E-state index in [4.69, 9.17) is 0 Å². The number of nitrogens with zero attached hydrogens (tertiary/aromatic N) is 5. The molecular formula is C21H25N5O2. The zero-order valence-electron chi connectivity index (χ0n) is 16.9. The Labute approximate surface area is 162 Å². The summed E-state index contributed by atoms with van der Waals surface area (Å²) in [5.41, 5.74) is 3.24. The first-order chi connectivity index (χ1) is 13.3. The Morgan fingerprint density at radius 3 is 2.54 bits per heavy atom. The van der Waals surface area contributed by atoms with Crippen molar-refractivity contribution in [3.05, 3.63) is 68.1 Å².